The Bertz CT molecular complexity index is 907. The lowest BCUT2D eigenvalue weighted by molar-refractivity contribution is -0.120. The summed E-state index contributed by atoms with van der Waals surface area (Å²) >= 11 is 0. The van der Waals surface area contributed by atoms with E-state index in [0.717, 1.165) is 5.41 Å². The van der Waals surface area contributed by atoms with Crippen molar-refractivity contribution in [3.63, 3.8) is 0 Å². The van der Waals surface area contributed by atoms with Crippen LogP contribution in [0.1, 0.15) is 6.92 Å². The number of anilines is 1. The van der Waals surface area contributed by atoms with Crippen molar-refractivity contribution in [3.05, 3.63) is 66.1 Å². The first-order chi connectivity index (χ1) is 13.0. The van der Waals surface area contributed by atoms with Crippen LogP contribution in [0.2, 0.25) is 0 Å². The average molecular weight is 387 g/mol. The highest BCUT2D eigenvalue weighted by Gasteiger charge is 2.31. The van der Waals surface area contributed by atoms with Crippen LogP contribution in [0.3, 0.4) is 0 Å². The summed E-state index contributed by atoms with van der Waals surface area (Å²) in [5.74, 6) is 0.794. The molecule has 27 heavy (non-hydrogen) atoms. The number of carbonyl (C=O) groups excluding carboxylic acids is 1. The van der Waals surface area contributed by atoms with E-state index in [2.05, 4.69) is 0 Å². The van der Waals surface area contributed by atoms with Crippen molar-refractivity contribution in [1.29, 1.82) is 0 Å². The van der Waals surface area contributed by atoms with Crippen LogP contribution in [0, 0.1) is 0 Å². The fraction of sp³-hybridized carbons (Fsp3) is 0.250. The maximum Gasteiger partial charge on any atom is 0.265 e. The number of carbonyl (C=O) groups is 1. The van der Waals surface area contributed by atoms with Crippen molar-refractivity contribution in [2.45, 2.75) is 13.0 Å². The van der Waals surface area contributed by atoms with E-state index in [1.165, 1.54) is 11.0 Å². The smallest absolute Gasteiger partial charge is 0.265 e. The van der Waals surface area contributed by atoms with Crippen molar-refractivity contribution in [3.8, 4) is 11.5 Å². The van der Waals surface area contributed by atoms with Gasteiger partial charge in [0.1, 0.15) is 11.5 Å². The Morgan fingerprint density at radius 1 is 1.04 bits per heavy atom. The molecule has 2 aromatic rings. The standard InChI is InChI=1S/C20H21NO5S/c1-2-25-19-10-8-16(9-11-19)21(17-12-13-27(23,24)15-17)20(22)14-26-18-6-4-3-5-7-18/h3-13,17H,2,14-15H2,1H3. The van der Waals surface area contributed by atoms with Gasteiger partial charge in [0.15, 0.2) is 16.4 Å². The largest absolute Gasteiger partial charge is 0.494 e. The minimum Gasteiger partial charge on any atom is -0.494 e. The molecule has 1 amide bonds. The monoisotopic (exact) mass is 387 g/mol. The summed E-state index contributed by atoms with van der Waals surface area (Å²) in [7, 11) is -3.31. The van der Waals surface area contributed by atoms with Crippen LogP contribution in [0.15, 0.2) is 66.1 Å². The molecule has 1 aliphatic rings. The lowest BCUT2D eigenvalue weighted by Crippen LogP contribution is -2.43. The molecule has 0 bridgehead atoms. The van der Waals surface area contributed by atoms with E-state index in [1.807, 2.05) is 25.1 Å². The number of nitrogens with zero attached hydrogens (tertiary/aromatic N) is 1. The second-order valence-electron chi connectivity index (χ2n) is 6.02. The van der Waals surface area contributed by atoms with Crippen molar-refractivity contribution in [2.75, 3.05) is 23.9 Å². The minimum atomic E-state index is -3.31. The number of sulfone groups is 1. The zero-order valence-electron chi connectivity index (χ0n) is 14.9. The molecule has 0 spiro atoms. The third-order valence-corrected chi connectivity index (χ3v) is 5.42. The molecule has 1 aliphatic heterocycles. The lowest BCUT2D eigenvalue weighted by Gasteiger charge is -2.27. The second kappa shape index (κ2) is 8.26. The second-order valence-corrected chi connectivity index (χ2v) is 7.95. The molecular formula is C20H21NO5S. The molecule has 0 aromatic heterocycles. The molecule has 1 heterocycles. The van der Waals surface area contributed by atoms with Crippen LogP contribution in [-0.2, 0) is 14.6 Å². The molecule has 0 saturated carbocycles. The molecule has 3 rings (SSSR count). The quantitative estimate of drug-likeness (QED) is 0.730. The van der Waals surface area contributed by atoms with Crippen molar-refractivity contribution < 1.29 is 22.7 Å². The third-order valence-electron chi connectivity index (χ3n) is 4.04. The van der Waals surface area contributed by atoms with E-state index >= 15 is 0 Å². The Balaban J connectivity index is 1.81. The minimum absolute atomic E-state index is 0.142. The van der Waals surface area contributed by atoms with E-state index in [1.54, 1.807) is 36.4 Å². The van der Waals surface area contributed by atoms with Crippen LogP contribution in [0.5, 0.6) is 11.5 Å². The molecule has 6 nitrogen and oxygen atoms in total. The van der Waals surface area contributed by atoms with Crippen LogP contribution in [0.25, 0.3) is 0 Å². The topological polar surface area (TPSA) is 72.9 Å². The molecule has 0 saturated heterocycles. The maximum absolute atomic E-state index is 12.9. The molecular weight excluding hydrogens is 366 g/mol. The van der Waals surface area contributed by atoms with Crippen LogP contribution in [-0.4, -0.2) is 39.3 Å². The van der Waals surface area contributed by atoms with E-state index in [9.17, 15) is 13.2 Å². The summed E-state index contributed by atoms with van der Waals surface area (Å²) in [6, 6.07) is 15.4. The van der Waals surface area contributed by atoms with Gasteiger partial charge in [-0.15, -0.1) is 0 Å². The van der Waals surface area contributed by atoms with Gasteiger partial charge >= 0.3 is 0 Å². The van der Waals surface area contributed by atoms with Crippen LogP contribution < -0.4 is 14.4 Å². The van der Waals surface area contributed by atoms with Gasteiger partial charge in [0.25, 0.3) is 5.91 Å². The van der Waals surface area contributed by atoms with E-state index in [-0.39, 0.29) is 18.3 Å². The number of ether oxygens (including phenoxy) is 2. The van der Waals surface area contributed by atoms with Crippen molar-refractivity contribution in [1.82, 2.24) is 0 Å². The van der Waals surface area contributed by atoms with Gasteiger partial charge in [0.2, 0.25) is 0 Å². The van der Waals surface area contributed by atoms with Crippen molar-refractivity contribution >= 4 is 21.4 Å². The third kappa shape index (κ3) is 4.89. The highest BCUT2D eigenvalue weighted by molar-refractivity contribution is 7.94. The zero-order valence-corrected chi connectivity index (χ0v) is 15.8. The Morgan fingerprint density at radius 2 is 1.70 bits per heavy atom. The Labute approximate surface area is 158 Å². The SMILES string of the molecule is CCOc1ccc(N(C(=O)COc2ccccc2)C2C=CS(=O)(=O)C2)cc1. The number of benzene rings is 2. The first kappa shape index (κ1) is 19.0. The van der Waals surface area contributed by atoms with Crippen LogP contribution >= 0.6 is 0 Å². The Kier molecular flexibility index (Phi) is 5.81. The fourth-order valence-electron chi connectivity index (χ4n) is 2.84. The number of hydrogen-bond acceptors (Lipinski definition) is 5. The molecule has 2 aromatic carbocycles. The number of amides is 1. The molecule has 0 aliphatic carbocycles. The first-order valence-corrected chi connectivity index (χ1v) is 10.3. The normalized spacial score (nSPS) is 17.4. The fourth-order valence-corrected chi connectivity index (χ4v) is 4.11. The van der Waals surface area contributed by atoms with Crippen molar-refractivity contribution in [2.24, 2.45) is 0 Å². The number of rotatable bonds is 7. The van der Waals surface area contributed by atoms with Gasteiger partial charge in [-0.05, 0) is 49.4 Å². The highest BCUT2D eigenvalue weighted by atomic mass is 32.2. The van der Waals surface area contributed by atoms with Gasteiger partial charge in [-0.1, -0.05) is 18.2 Å². The zero-order chi connectivity index (χ0) is 19.3. The summed E-state index contributed by atoms with van der Waals surface area (Å²) in [6.07, 6.45) is 1.53. The molecule has 142 valence electrons. The van der Waals surface area contributed by atoms with Gasteiger partial charge in [0, 0.05) is 11.1 Å². The van der Waals surface area contributed by atoms with Gasteiger partial charge in [-0.25, -0.2) is 8.42 Å². The van der Waals surface area contributed by atoms with Crippen LogP contribution in [0.4, 0.5) is 5.69 Å². The molecule has 0 fully saturated rings. The molecule has 0 N–H and O–H groups in total. The van der Waals surface area contributed by atoms with Gasteiger partial charge < -0.3 is 14.4 Å². The summed E-state index contributed by atoms with van der Waals surface area (Å²) in [6.45, 7) is 2.23. The number of para-hydroxylation sites is 1. The first-order valence-electron chi connectivity index (χ1n) is 8.62. The van der Waals surface area contributed by atoms with Gasteiger partial charge in [-0.3, -0.25) is 4.79 Å². The van der Waals surface area contributed by atoms with Gasteiger partial charge in [0.05, 0.1) is 18.4 Å². The predicted molar refractivity (Wildman–Crippen MR) is 104 cm³/mol. The maximum atomic E-state index is 12.9. The summed E-state index contributed by atoms with van der Waals surface area (Å²) < 4.78 is 34.7. The van der Waals surface area contributed by atoms with E-state index < -0.39 is 15.9 Å². The summed E-state index contributed by atoms with van der Waals surface area (Å²) in [4.78, 5) is 14.3. The summed E-state index contributed by atoms with van der Waals surface area (Å²) in [5.41, 5.74) is 0.590. The lowest BCUT2D eigenvalue weighted by atomic mass is 10.2. The molecule has 7 heteroatoms. The number of hydrogen-bond donors (Lipinski definition) is 0. The van der Waals surface area contributed by atoms with Gasteiger partial charge in [-0.2, -0.15) is 0 Å². The molecule has 1 atom stereocenters. The average Bonchev–Trinajstić information content (AvgIpc) is 3.02. The Hall–Kier alpha value is -2.80. The Morgan fingerprint density at radius 3 is 2.30 bits per heavy atom. The molecule has 0 radical (unpaired) electrons. The van der Waals surface area contributed by atoms with E-state index in [0.29, 0.717) is 23.8 Å². The highest BCUT2D eigenvalue weighted by Crippen LogP contribution is 2.25. The molecule has 1 unspecified atom stereocenters. The predicted octanol–water partition coefficient (Wildman–Crippen LogP) is 2.81. The summed E-state index contributed by atoms with van der Waals surface area (Å²) in [5, 5.41) is 1.16. The van der Waals surface area contributed by atoms with E-state index in [4.69, 9.17) is 9.47 Å².